The van der Waals surface area contributed by atoms with E-state index in [2.05, 4.69) is 41.9 Å². The molecule has 80 valence electrons. The highest BCUT2D eigenvalue weighted by molar-refractivity contribution is 9.09. The zero-order valence-corrected chi connectivity index (χ0v) is 10.6. The molecule has 0 amide bonds. The number of rotatable bonds is 2. The van der Waals surface area contributed by atoms with Crippen molar-refractivity contribution in [2.24, 2.45) is 5.92 Å². The predicted molar refractivity (Wildman–Crippen MR) is 67.5 cm³/mol. The van der Waals surface area contributed by atoms with Gasteiger partial charge in [0.25, 0.3) is 0 Å². The number of allylic oxidation sites excluding steroid dienone is 1. The van der Waals surface area contributed by atoms with Crippen molar-refractivity contribution >= 4 is 21.5 Å². The van der Waals surface area contributed by atoms with Crippen LogP contribution in [-0.2, 0) is 0 Å². The lowest BCUT2D eigenvalue weighted by molar-refractivity contribution is 0.194. The van der Waals surface area contributed by atoms with E-state index < -0.39 is 0 Å². The molecule has 1 aromatic carbocycles. The van der Waals surface area contributed by atoms with E-state index in [-0.39, 0.29) is 6.10 Å². The summed E-state index contributed by atoms with van der Waals surface area (Å²) in [6, 6.07) is 8.22. The molecule has 0 saturated heterocycles. The topological polar surface area (TPSA) is 9.23 Å². The molecule has 2 heteroatoms. The molecule has 1 aliphatic heterocycles. The Morgan fingerprint density at radius 1 is 1.33 bits per heavy atom. The number of hydrogen-bond donors (Lipinski definition) is 0. The molecule has 15 heavy (non-hydrogen) atoms. The molecular weight excluding hydrogens is 252 g/mol. The van der Waals surface area contributed by atoms with E-state index in [1.165, 1.54) is 11.1 Å². The van der Waals surface area contributed by atoms with E-state index >= 15 is 0 Å². The fourth-order valence-electron chi connectivity index (χ4n) is 1.75. The fourth-order valence-corrected chi connectivity index (χ4v) is 2.24. The highest BCUT2D eigenvalue weighted by Crippen LogP contribution is 2.34. The molecule has 1 nitrogen and oxygen atoms in total. The molecule has 1 unspecified atom stereocenters. The van der Waals surface area contributed by atoms with Crippen molar-refractivity contribution in [3.63, 3.8) is 0 Å². The van der Waals surface area contributed by atoms with Crippen molar-refractivity contribution in [3.05, 3.63) is 35.9 Å². The Labute approximate surface area is 99.3 Å². The minimum Gasteiger partial charge on any atom is -0.485 e. The highest BCUT2D eigenvalue weighted by Gasteiger charge is 2.21. The van der Waals surface area contributed by atoms with Gasteiger partial charge in [-0.15, -0.1) is 0 Å². The number of benzene rings is 1. The van der Waals surface area contributed by atoms with Crippen molar-refractivity contribution in [2.45, 2.75) is 20.0 Å². The maximum Gasteiger partial charge on any atom is 0.127 e. The number of hydrogen-bond acceptors (Lipinski definition) is 1. The van der Waals surface area contributed by atoms with Crippen LogP contribution in [0, 0.1) is 5.92 Å². The summed E-state index contributed by atoms with van der Waals surface area (Å²) in [5, 5.41) is 0.886. The Morgan fingerprint density at radius 2 is 2.07 bits per heavy atom. The third kappa shape index (κ3) is 2.10. The maximum atomic E-state index is 5.93. The lowest BCUT2D eigenvalue weighted by Crippen LogP contribution is -2.24. The van der Waals surface area contributed by atoms with Crippen LogP contribution in [0.2, 0.25) is 0 Å². The Balaban J connectivity index is 2.41. The maximum absolute atomic E-state index is 5.93. The van der Waals surface area contributed by atoms with Crippen LogP contribution in [0.5, 0.6) is 5.75 Å². The molecule has 0 aliphatic carbocycles. The van der Waals surface area contributed by atoms with Crippen LogP contribution in [0.3, 0.4) is 0 Å². The van der Waals surface area contributed by atoms with Gasteiger partial charge >= 0.3 is 0 Å². The van der Waals surface area contributed by atoms with Gasteiger partial charge < -0.3 is 4.74 Å². The molecule has 0 bridgehead atoms. The van der Waals surface area contributed by atoms with Gasteiger partial charge in [0.15, 0.2) is 0 Å². The Hall–Kier alpha value is -0.760. The Kier molecular flexibility index (Phi) is 3.15. The molecule has 0 spiro atoms. The molecular formula is C13H15BrO. The van der Waals surface area contributed by atoms with Crippen molar-refractivity contribution < 1.29 is 4.74 Å². The molecule has 0 N–H and O–H groups in total. The normalized spacial score (nSPS) is 19.5. The first-order chi connectivity index (χ1) is 7.22. The van der Waals surface area contributed by atoms with Crippen LogP contribution >= 0.6 is 15.9 Å². The highest BCUT2D eigenvalue weighted by atomic mass is 79.9. The van der Waals surface area contributed by atoms with Gasteiger partial charge in [-0.1, -0.05) is 48.0 Å². The lowest BCUT2D eigenvalue weighted by atomic mass is 9.97. The van der Waals surface area contributed by atoms with Crippen molar-refractivity contribution in [1.29, 1.82) is 0 Å². The standard InChI is InChI=1S/C13H15BrO/c1-9(2)13-7-10(8-14)11-5-3-4-6-12(11)15-13/h3-7,9,13H,8H2,1-2H3. The van der Waals surface area contributed by atoms with Gasteiger partial charge in [0.1, 0.15) is 11.9 Å². The quantitative estimate of drug-likeness (QED) is 0.739. The number of fused-ring (bicyclic) bond motifs is 1. The first-order valence-corrected chi connectivity index (χ1v) is 6.37. The second-order valence-electron chi connectivity index (χ2n) is 4.15. The van der Waals surface area contributed by atoms with Crippen molar-refractivity contribution in [3.8, 4) is 5.75 Å². The average Bonchev–Trinajstić information content (AvgIpc) is 2.27. The van der Waals surface area contributed by atoms with Gasteiger partial charge in [0.05, 0.1) is 0 Å². The molecule has 1 heterocycles. The van der Waals surface area contributed by atoms with Crippen LogP contribution in [0.1, 0.15) is 19.4 Å². The van der Waals surface area contributed by atoms with Gasteiger partial charge in [0.2, 0.25) is 0 Å². The van der Waals surface area contributed by atoms with Gasteiger partial charge in [-0.25, -0.2) is 0 Å². The lowest BCUT2D eigenvalue weighted by Gasteiger charge is -2.27. The first kappa shape index (κ1) is 10.7. The molecule has 0 radical (unpaired) electrons. The summed E-state index contributed by atoms with van der Waals surface area (Å²) in [5.41, 5.74) is 2.54. The summed E-state index contributed by atoms with van der Waals surface area (Å²) in [4.78, 5) is 0. The largest absolute Gasteiger partial charge is 0.485 e. The minimum atomic E-state index is 0.201. The summed E-state index contributed by atoms with van der Waals surface area (Å²) >= 11 is 3.53. The molecule has 0 fully saturated rings. The van der Waals surface area contributed by atoms with Crippen LogP contribution < -0.4 is 4.74 Å². The number of ether oxygens (including phenoxy) is 1. The predicted octanol–water partition coefficient (Wildman–Crippen LogP) is 3.88. The molecule has 0 aromatic heterocycles. The van der Waals surface area contributed by atoms with Crippen LogP contribution in [0.4, 0.5) is 0 Å². The zero-order valence-electron chi connectivity index (χ0n) is 9.03. The van der Waals surface area contributed by atoms with Crippen molar-refractivity contribution in [2.75, 3.05) is 5.33 Å². The SMILES string of the molecule is CC(C)C1C=C(CBr)c2ccccc2O1. The molecule has 1 atom stereocenters. The monoisotopic (exact) mass is 266 g/mol. The van der Waals surface area contributed by atoms with E-state index in [1.807, 2.05) is 18.2 Å². The van der Waals surface area contributed by atoms with Crippen LogP contribution in [0.25, 0.3) is 5.57 Å². The zero-order chi connectivity index (χ0) is 10.8. The Morgan fingerprint density at radius 3 is 2.73 bits per heavy atom. The number of para-hydroxylation sites is 1. The van der Waals surface area contributed by atoms with E-state index in [9.17, 15) is 0 Å². The van der Waals surface area contributed by atoms with Gasteiger partial charge in [-0.05, 0) is 23.6 Å². The smallest absolute Gasteiger partial charge is 0.127 e. The molecule has 1 aromatic rings. The first-order valence-electron chi connectivity index (χ1n) is 5.25. The average molecular weight is 267 g/mol. The third-order valence-electron chi connectivity index (χ3n) is 2.66. The van der Waals surface area contributed by atoms with Crippen molar-refractivity contribution in [1.82, 2.24) is 0 Å². The van der Waals surface area contributed by atoms with Gasteiger partial charge in [-0.3, -0.25) is 0 Å². The van der Waals surface area contributed by atoms with E-state index in [0.29, 0.717) is 5.92 Å². The van der Waals surface area contributed by atoms with Gasteiger partial charge in [0, 0.05) is 10.9 Å². The van der Waals surface area contributed by atoms with Gasteiger partial charge in [-0.2, -0.15) is 0 Å². The molecule has 0 saturated carbocycles. The molecule has 1 aliphatic rings. The Bertz CT molecular complexity index is 382. The van der Waals surface area contributed by atoms with Crippen LogP contribution in [-0.4, -0.2) is 11.4 Å². The molecule has 2 rings (SSSR count). The summed E-state index contributed by atoms with van der Waals surface area (Å²) < 4.78 is 5.93. The van der Waals surface area contributed by atoms with E-state index in [0.717, 1.165) is 11.1 Å². The van der Waals surface area contributed by atoms with E-state index in [1.54, 1.807) is 0 Å². The number of alkyl halides is 1. The third-order valence-corrected chi connectivity index (χ3v) is 3.27. The second kappa shape index (κ2) is 4.40. The van der Waals surface area contributed by atoms with E-state index in [4.69, 9.17) is 4.74 Å². The fraction of sp³-hybridized carbons (Fsp3) is 0.385. The second-order valence-corrected chi connectivity index (χ2v) is 4.71. The summed E-state index contributed by atoms with van der Waals surface area (Å²) in [6.07, 6.45) is 2.43. The minimum absolute atomic E-state index is 0.201. The summed E-state index contributed by atoms with van der Waals surface area (Å²) in [7, 11) is 0. The number of halogens is 1. The summed E-state index contributed by atoms with van der Waals surface area (Å²) in [5.74, 6) is 1.51. The van der Waals surface area contributed by atoms with Crippen LogP contribution in [0.15, 0.2) is 30.3 Å². The summed E-state index contributed by atoms with van der Waals surface area (Å²) in [6.45, 7) is 4.36.